The van der Waals surface area contributed by atoms with Crippen LogP contribution in [0.5, 0.6) is 0 Å². The van der Waals surface area contributed by atoms with Gasteiger partial charge in [-0.25, -0.2) is 13.9 Å². The zero-order chi connectivity index (χ0) is 39.6. The van der Waals surface area contributed by atoms with E-state index in [4.69, 9.17) is 29.0 Å². The molecule has 0 aliphatic heterocycles. The second kappa shape index (κ2) is 27.4. The number of unbranched alkanes of at least 4 members (excludes halogenated alkanes) is 15. The Labute approximate surface area is 328 Å². The lowest BCUT2D eigenvalue weighted by molar-refractivity contribution is -0.0510. The van der Waals surface area contributed by atoms with Gasteiger partial charge in [-0.3, -0.25) is 0 Å². The lowest BCUT2D eigenvalue weighted by Gasteiger charge is -2.26. The minimum atomic E-state index is -2.41. The van der Waals surface area contributed by atoms with E-state index in [0.29, 0.717) is 29.9 Å². The molecule has 2 aromatic heterocycles. The first-order chi connectivity index (χ1) is 26.8. The minimum absolute atomic E-state index is 0.0132. The summed E-state index contributed by atoms with van der Waals surface area (Å²) in [7, 11) is -0.997. The number of nitrogens with zero attached hydrogens (tertiary/aromatic N) is 5. The molecule has 304 valence electrons. The highest BCUT2D eigenvalue weighted by atomic mass is 31.2. The first kappa shape index (κ1) is 46.1. The van der Waals surface area contributed by atoms with Crippen molar-refractivity contribution in [2.75, 3.05) is 39.3 Å². The van der Waals surface area contributed by atoms with Crippen molar-refractivity contribution in [3.05, 3.63) is 59.3 Å². The highest BCUT2D eigenvalue weighted by Crippen LogP contribution is 2.36. The summed E-state index contributed by atoms with van der Waals surface area (Å²) >= 11 is 0. The largest absolute Gasteiger partial charge is 0.382 e. The summed E-state index contributed by atoms with van der Waals surface area (Å²) in [5, 5.41) is 23.5. The highest BCUT2D eigenvalue weighted by molar-refractivity contribution is 7.40. The van der Waals surface area contributed by atoms with Crippen LogP contribution < -0.4 is 5.73 Å². The zero-order valence-corrected chi connectivity index (χ0v) is 33.8. The number of fused-ring (bicyclic) bond motifs is 1. The van der Waals surface area contributed by atoms with Crippen molar-refractivity contribution >= 4 is 19.9 Å². The Morgan fingerprint density at radius 3 is 2.18 bits per heavy atom. The molecular weight excluding hydrogens is 722 g/mol. The van der Waals surface area contributed by atoms with Crippen LogP contribution in [0.2, 0.25) is 0 Å². The number of halogens is 1. The van der Waals surface area contributed by atoms with Crippen LogP contribution in [-0.4, -0.2) is 64.7 Å². The van der Waals surface area contributed by atoms with Gasteiger partial charge < -0.3 is 33.9 Å². The molecule has 0 fully saturated rings. The molecule has 0 saturated carbocycles. The molecule has 0 radical (unpaired) electrons. The van der Waals surface area contributed by atoms with Gasteiger partial charge in [-0.1, -0.05) is 103 Å². The number of anilines is 1. The number of nitrogens with two attached hydrogens (primary N) is 1. The van der Waals surface area contributed by atoms with Crippen molar-refractivity contribution in [3.8, 4) is 12.1 Å². The molecule has 1 aromatic carbocycles. The normalized spacial score (nSPS) is 13.7. The summed E-state index contributed by atoms with van der Waals surface area (Å²) in [4.78, 5) is 14.6. The highest BCUT2D eigenvalue weighted by Gasteiger charge is 2.32. The molecule has 3 atom stereocenters. The van der Waals surface area contributed by atoms with Crippen LogP contribution in [0.15, 0.2) is 36.7 Å². The second-order valence-corrected chi connectivity index (χ2v) is 15.1. The van der Waals surface area contributed by atoms with Crippen LogP contribution in [0.4, 0.5) is 10.2 Å². The van der Waals surface area contributed by atoms with Crippen LogP contribution in [0.3, 0.4) is 0 Å². The van der Waals surface area contributed by atoms with Crippen LogP contribution in [0.1, 0.15) is 133 Å². The van der Waals surface area contributed by atoms with Gasteiger partial charge in [0.05, 0.1) is 38.1 Å². The van der Waals surface area contributed by atoms with E-state index in [1.807, 2.05) is 18.2 Å². The van der Waals surface area contributed by atoms with Crippen molar-refractivity contribution in [2.24, 2.45) is 0 Å². The number of hydrogen-bond donors (Lipinski definition) is 2. The lowest BCUT2D eigenvalue weighted by Crippen LogP contribution is -2.35. The maximum atomic E-state index is 14.0. The number of aromatic nitrogens is 3. The third-order valence-electron chi connectivity index (χ3n) is 9.74. The molecular formula is C41H62FN6O6P. The molecule has 0 bridgehead atoms. The summed E-state index contributed by atoms with van der Waals surface area (Å²) in [6, 6.07) is 11.8. The maximum Gasteiger partial charge on any atom is 0.330 e. The van der Waals surface area contributed by atoms with Gasteiger partial charge in [-0.05, 0) is 55.2 Å². The summed E-state index contributed by atoms with van der Waals surface area (Å²) < 4.78 is 44.4. The first-order valence-corrected chi connectivity index (χ1v) is 21.1. The van der Waals surface area contributed by atoms with E-state index in [-0.39, 0.29) is 38.4 Å². The summed E-state index contributed by atoms with van der Waals surface area (Å²) in [5.74, 6) is -0.180. The van der Waals surface area contributed by atoms with Gasteiger partial charge >= 0.3 is 8.60 Å². The quantitative estimate of drug-likeness (QED) is 0.0457. The topological polar surface area (TPSA) is 170 Å². The number of nitriles is 2. The van der Waals surface area contributed by atoms with E-state index < -0.39 is 26.1 Å². The maximum absolute atomic E-state index is 14.0. The van der Waals surface area contributed by atoms with Crippen LogP contribution >= 0.6 is 8.60 Å². The first-order valence-electron chi connectivity index (χ1n) is 20.0. The minimum Gasteiger partial charge on any atom is -0.382 e. The van der Waals surface area contributed by atoms with E-state index in [1.165, 1.54) is 109 Å². The zero-order valence-electron chi connectivity index (χ0n) is 32.9. The molecule has 3 N–H and O–H groups in total. The smallest absolute Gasteiger partial charge is 0.330 e. The van der Waals surface area contributed by atoms with Crippen LogP contribution in [-0.2, 0) is 36.3 Å². The van der Waals surface area contributed by atoms with E-state index in [2.05, 4.69) is 23.1 Å². The average molecular weight is 785 g/mol. The Bertz CT molecular complexity index is 1580. The van der Waals surface area contributed by atoms with Gasteiger partial charge in [0, 0.05) is 19.4 Å². The third kappa shape index (κ3) is 18.0. The van der Waals surface area contributed by atoms with E-state index in [1.54, 1.807) is 10.6 Å². The number of nitrogen functional groups attached to an aromatic ring is 1. The van der Waals surface area contributed by atoms with Crippen molar-refractivity contribution in [3.63, 3.8) is 0 Å². The third-order valence-corrected chi connectivity index (χ3v) is 10.5. The van der Waals surface area contributed by atoms with Crippen molar-refractivity contribution < 1.29 is 32.5 Å². The number of hydrogen-bond acceptors (Lipinski definition) is 11. The van der Waals surface area contributed by atoms with Gasteiger partial charge in [0.1, 0.15) is 29.8 Å². The Morgan fingerprint density at radius 1 is 0.909 bits per heavy atom. The van der Waals surface area contributed by atoms with Crippen LogP contribution in [0, 0.1) is 28.5 Å². The van der Waals surface area contributed by atoms with Gasteiger partial charge in [-0.2, -0.15) is 15.6 Å². The average Bonchev–Trinajstić information content (AvgIpc) is 3.62. The molecule has 12 nitrogen and oxygen atoms in total. The number of benzene rings is 1. The Hall–Kier alpha value is -3.26. The molecule has 0 saturated heterocycles. The molecule has 14 heteroatoms. The van der Waals surface area contributed by atoms with Crippen molar-refractivity contribution in [2.45, 2.75) is 141 Å². The predicted octanol–water partition coefficient (Wildman–Crippen LogP) is 9.28. The molecule has 3 rings (SSSR count). The van der Waals surface area contributed by atoms with E-state index in [9.17, 15) is 19.8 Å². The Morgan fingerprint density at radius 2 is 1.56 bits per heavy atom. The second-order valence-electron chi connectivity index (χ2n) is 14.2. The summed E-state index contributed by atoms with van der Waals surface area (Å²) in [6.45, 7) is 2.69. The molecule has 0 aliphatic carbocycles. The fourth-order valence-electron chi connectivity index (χ4n) is 6.36. The summed E-state index contributed by atoms with van der Waals surface area (Å²) in [6.07, 6.45) is 22.1. The van der Waals surface area contributed by atoms with E-state index in [0.717, 1.165) is 24.6 Å². The standard InChI is InChI=1S/C41H62FN6O6P/c1-3-4-5-6-7-8-9-10-11-12-13-14-15-16-17-18-23-51-29-38(52-28-35-24-34(27-43)25-36(42)26-35)30-53-55(49)54-32-41(31-44,50-2)22-21-37-19-20-39-40(45)46-33-47-48(37)39/h19-20,24-26,33,38,49H,3-18,21-23,28-30,32H2,1-2H3,(H2,45,46,47). The molecule has 3 unspecified atom stereocenters. The number of methoxy groups -OCH3 is 1. The fourth-order valence-corrected chi connectivity index (χ4v) is 7.05. The van der Waals surface area contributed by atoms with Crippen molar-refractivity contribution in [1.82, 2.24) is 14.6 Å². The summed E-state index contributed by atoms with van der Waals surface area (Å²) in [5.41, 5.74) is 6.73. The molecule has 0 aliphatic rings. The van der Waals surface area contributed by atoms with E-state index >= 15 is 0 Å². The number of rotatable bonds is 32. The van der Waals surface area contributed by atoms with Gasteiger partial charge in [-0.15, -0.1) is 0 Å². The number of ether oxygens (including phenoxy) is 3. The number of aryl methyl sites for hydroxylation is 1. The lowest BCUT2D eigenvalue weighted by atomic mass is 9.99. The Balaban J connectivity index is 1.37. The Kier molecular flexibility index (Phi) is 22.9. The SMILES string of the molecule is CCCCCCCCCCCCCCCCCCOCC(COP(O)OCC(C#N)(CCc1ccc2c(N)ncnn12)OC)OCc1cc(F)cc(C#N)c1. The monoisotopic (exact) mass is 784 g/mol. The molecule has 2 heterocycles. The van der Waals surface area contributed by atoms with Gasteiger partial charge in [0.15, 0.2) is 11.4 Å². The fraction of sp³-hybridized carbons (Fsp3) is 0.659. The van der Waals surface area contributed by atoms with Crippen molar-refractivity contribution in [1.29, 1.82) is 10.5 Å². The van der Waals surface area contributed by atoms with Gasteiger partial charge in [0.2, 0.25) is 0 Å². The van der Waals surface area contributed by atoms with Gasteiger partial charge in [0.25, 0.3) is 0 Å². The predicted molar refractivity (Wildman–Crippen MR) is 212 cm³/mol. The molecule has 0 spiro atoms. The molecule has 0 amide bonds. The van der Waals surface area contributed by atoms with Crippen LogP contribution in [0.25, 0.3) is 5.52 Å². The molecule has 55 heavy (non-hydrogen) atoms. The molecule has 3 aromatic rings.